The maximum Gasteiger partial charge on any atom is 1.00 e. The molecule has 122 valence electrons. The number of nitrogens with one attached hydrogen (secondary N) is 1. The van der Waals surface area contributed by atoms with Crippen LogP contribution in [0.15, 0.2) is 18.2 Å². The van der Waals surface area contributed by atoms with Gasteiger partial charge in [-0.3, -0.25) is 4.79 Å². The molecule has 0 fully saturated rings. The molecule has 1 aliphatic rings. The fraction of sp³-hybridized carbons (Fsp3) is 0.500. The number of fused-ring (bicyclic) bond motifs is 1. The first-order valence-corrected chi connectivity index (χ1v) is 7.91. The molecule has 1 aliphatic carbocycles. The van der Waals surface area contributed by atoms with Gasteiger partial charge in [0.1, 0.15) is 0 Å². The molecular weight excluding hydrogens is 315 g/mol. The van der Waals surface area contributed by atoms with Crippen molar-refractivity contribution in [3.8, 4) is 6.07 Å². The molecule has 0 aromatic heterocycles. The number of carboxylic acids is 1. The summed E-state index contributed by atoms with van der Waals surface area (Å²) in [7, 11) is 0. The number of carboxylic acid groups (broad SMARTS) is 1. The summed E-state index contributed by atoms with van der Waals surface area (Å²) in [5.74, 6) is -1.73. The van der Waals surface area contributed by atoms with Gasteiger partial charge in [0.15, 0.2) is 0 Å². The average Bonchev–Trinajstić information content (AvgIpc) is 2.86. The van der Waals surface area contributed by atoms with Crippen LogP contribution in [-0.2, 0) is 22.4 Å². The van der Waals surface area contributed by atoms with E-state index in [1.807, 2.05) is 26.0 Å². The number of benzene rings is 1. The minimum absolute atomic E-state index is 0. The quantitative estimate of drug-likeness (QED) is 0.605. The van der Waals surface area contributed by atoms with E-state index >= 15 is 0 Å². The van der Waals surface area contributed by atoms with Crippen LogP contribution >= 0.6 is 0 Å². The summed E-state index contributed by atoms with van der Waals surface area (Å²) in [6.45, 7) is 3.93. The SMILES string of the molecule is CC(C)CC(CC(=O)[O-])C(=O)NC1Cc2ccc(C#N)cc2C1.[Na+]. The summed E-state index contributed by atoms with van der Waals surface area (Å²) in [6, 6.07) is 7.63. The first-order chi connectivity index (χ1) is 10.9. The molecule has 6 heteroatoms. The Hall–Kier alpha value is -1.35. The van der Waals surface area contributed by atoms with Crippen molar-refractivity contribution in [1.82, 2.24) is 5.32 Å². The van der Waals surface area contributed by atoms with E-state index in [-0.39, 0.29) is 53.8 Å². The minimum atomic E-state index is -1.20. The monoisotopic (exact) mass is 336 g/mol. The van der Waals surface area contributed by atoms with Gasteiger partial charge in [0, 0.05) is 17.9 Å². The molecule has 0 spiro atoms. The van der Waals surface area contributed by atoms with E-state index in [1.165, 1.54) is 0 Å². The molecule has 0 heterocycles. The van der Waals surface area contributed by atoms with Crippen LogP contribution in [0.1, 0.15) is 43.4 Å². The largest absolute Gasteiger partial charge is 1.00 e. The normalized spacial score (nSPS) is 16.7. The molecule has 0 bridgehead atoms. The molecule has 0 radical (unpaired) electrons. The molecule has 5 nitrogen and oxygen atoms in total. The van der Waals surface area contributed by atoms with Crippen molar-refractivity contribution in [3.05, 3.63) is 34.9 Å². The summed E-state index contributed by atoms with van der Waals surface area (Å²) in [5.41, 5.74) is 2.83. The predicted octanol–water partition coefficient (Wildman–Crippen LogP) is -2.05. The molecule has 0 saturated heterocycles. The van der Waals surface area contributed by atoms with Gasteiger partial charge in [0.2, 0.25) is 5.91 Å². The number of amides is 1. The number of rotatable bonds is 6. The molecule has 0 saturated carbocycles. The Labute approximate surface area is 164 Å². The zero-order valence-electron chi connectivity index (χ0n) is 14.5. The molecule has 1 amide bonds. The summed E-state index contributed by atoms with van der Waals surface area (Å²) in [6.07, 6.45) is 1.67. The zero-order chi connectivity index (χ0) is 17.0. The van der Waals surface area contributed by atoms with Crippen LogP contribution in [0.25, 0.3) is 0 Å². The van der Waals surface area contributed by atoms with Crippen LogP contribution in [-0.4, -0.2) is 17.9 Å². The topological polar surface area (TPSA) is 93.0 Å². The van der Waals surface area contributed by atoms with E-state index in [0.29, 0.717) is 24.8 Å². The van der Waals surface area contributed by atoms with Gasteiger partial charge in [0.05, 0.1) is 11.6 Å². The van der Waals surface area contributed by atoms with Crippen molar-refractivity contribution in [2.75, 3.05) is 0 Å². The van der Waals surface area contributed by atoms with Crippen LogP contribution in [0.3, 0.4) is 0 Å². The second kappa shape index (κ2) is 9.22. The fourth-order valence-corrected chi connectivity index (χ4v) is 3.16. The molecule has 2 unspecified atom stereocenters. The van der Waals surface area contributed by atoms with Gasteiger partial charge >= 0.3 is 29.6 Å². The van der Waals surface area contributed by atoms with Gasteiger partial charge in [-0.2, -0.15) is 5.26 Å². The van der Waals surface area contributed by atoms with E-state index in [4.69, 9.17) is 5.26 Å². The van der Waals surface area contributed by atoms with Gasteiger partial charge in [-0.1, -0.05) is 19.9 Å². The van der Waals surface area contributed by atoms with Crippen molar-refractivity contribution in [3.63, 3.8) is 0 Å². The van der Waals surface area contributed by atoms with Gasteiger partial charge in [-0.25, -0.2) is 0 Å². The van der Waals surface area contributed by atoms with Crippen molar-refractivity contribution in [2.24, 2.45) is 11.8 Å². The Bertz CT molecular complexity index is 652. The number of nitrogens with zero attached hydrogens (tertiary/aromatic N) is 1. The molecule has 2 rings (SSSR count). The van der Waals surface area contributed by atoms with E-state index in [0.717, 1.165) is 11.1 Å². The van der Waals surface area contributed by atoms with Crippen LogP contribution in [0.4, 0.5) is 0 Å². The van der Waals surface area contributed by atoms with E-state index in [1.54, 1.807) is 6.07 Å². The van der Waals surface area contributed by atoms with E-state index < -0.39 is 11.9 Å². The standard InChI is InChI=1S/C18H22N2O3.Na/c1-11(2)5-15(9-17(21)22)18(23)20-16-7-13-4-3-12(10-19)6-14(13)8-16;/h3-4,6,11,15-16H,5,7-9H2,1-2H3,(H,20,23)(H,21,22);/q;+1/p-1. The van der Waals surface area contributed by atoms with E-state index in [2.05, 4.69) is 11.4 Å². The van der Waals surface area contributed by atoms with Gasteiger partial charge < -0.3 is 15.2 Å². The fourth-order valence-electron chi connectivity index (χ4n) is 3.16. The smallest absolute Gasteiger partial charge is 0.550 e. The third-order valence-corrected chi connectivity index (χ3v) is 4.15. The molecule has 2 atom stereocenters. The van der Waals surface area contributed by atoms with Crippen molar-refractivity contribution >= 4 is 11.9 Å². The Kier molecular flexibility index (Phi) is 7.95. The Balaban J connectivity index is 0.00000288. The average molecular weight is 336 g/mol. The zero-order valence-corrected chi connectivity index (χ0v) is 16.5. The molecule has 0 aliphatic heterocycles. The number of aliphatic carboxylic acids is 1. The number of hydrogen-bond acceptors (Lipinski definition) is 4. The first-order valence-electron chi connectivity index (χ1n) is 7.91. The molecular formula is C18H21N2NaO3. The van der Waals surface area contributed by atoms with Gasteiger partial charge in [0.25, 0.3) is 0 Å². The van der Waals surface area contributed by atoms with Crippen LogP contribution < -0.4 is 40.0 Å². The summed E-state index contributed by atoms with van der Waals surface area (Å²) >= 11 is 0. The number of nitriles is 1. The van der Waals surface area contributed by atoms with Crippen LogP contribution in [0.5, 0.6) is 0 Å². The molecule has 24 heavy (non-hydrogen) atoms. The Morgan fingerprint density at radius 2 is 2.00 bits per heavy atom. The Morgan fingerprint density at radius 1 is 1.33 bits per heavy atom. The van der Waals surface area contributed by atoms with Crippen LogP contribution in [0.2, 0.25) is 0 Å². The minimum Gasteiger partial charge on any atom is -0.550 e. The maximum atomic E-state index is 12.4. The number of carbonyl (C=O) groups is 2. The third-order valence-electron chi connectivity index (χ3n) is 4.15. The van der Waals surface area contributed by atoms with Crippen LogP contribution in [0, 0.1) is 23.2 Å². The van der Waals surface area contributed by atoms with Crippen molar-refractivity contribution < 1.29 is 44.3 Å². The summed E-state index contributed by atoms with van der Waals surface area (Å²) in [4.78, 5) is 23.3. The van der Waals surface area contributed by atoms with Gasteiger partial charge in [-0.15, -0.1) is 0 Å². The first kappa shape index (κ1) is 20.7. The second-order valence-electron chi connectivity index (χ2n) is 6.61. The maximum absolute atomic E-state index is 12.4. The van der Waals surface area contributed by atoms with Crippen molar-refractivity contribution in [1.29, 1.82) is 5.26 Å². The Morgan fingerprint density at radius 3 is 2.58 bits per heavy atom. The number of hydrogen-bond donors (Lipinski definition) is 1. The second-order valence-corrected chi connectivity index (χ2v) is 6.61. The predicted molar refractivity (Wildman–Crippen MR) is 83.1 cm³/mol. The number of carbonyl (C=O) groups excluding carboxylic acids is 2. The van der Waals surface area contributed by atoms with E-state index in [9.17, 15) is 14.7 Å². The van der Waals surface area contributed by atoms with Crippen molar-refractivity contribution in [2.45, 2.75) is 45.6 Å². The molecule has 1 N–H and O–H groups in total. The molecule has 1 aromatic rings. The molecule has 1 aromatic carbocycles. The summed E-state index contributed by atoms with van der Waals surface area (Å²) in [5, 5.41) is 22.8. The van der Waals surface area contributed by atoms with Gasteiger partial charge in [-0.05, 0) is 54.9 Å². The summed E-state index contributed by atoms with van der Waals surface area (Å²) < 4.78 is 0. The third kappa shape index (κ3) is 5.62.